The standard InChI is InChI=1S/C21H23N3O/c1-17(20-8-3-2-4-9-20)12-21(25)23-14-18-6-5-7-19(13-18)15-24-11-10-22-16-24/h2-11,13,16-17H,12,14-15H2,1H3,(H,23,25)/t17-/m1/s1. The minimum atomic E-state index is 0.0800. The van der Waals surface area contributed by atoms with Gasteiger partial charge in [-0.05, 0) is 22.6 Å². The molecule has 4 nitrogen and oxygen atoms in total. The Balaban J connectivity index is 1.52. The molecular formula is C21H23N3O. The predicted molar refractivity (Wildman–Crippen MR) is 99.1 cm³/mol. The van der Waals surface area contributed by atoms with Gasteiger partial charge in [0.1, 0.15) is 0 Å². The van der Waals surface area contributed by atoms with Crippen molar-refractivity contribution >= 4 is 5.91 Å². The number of hydrogen-bond donors (Lipinski definition) is 1. The number of rotatable bonds is 7. The summed E-state index contributed by atoms with van der Waals surface area (Å²) < 4.78 is 2.03. The lowest BCUT2D eigenvalue weighted by Crippen LogP contribution is -2.24. The van der Waals surface area contributed by atoms with Crippen molar-refractivity contribution in [3.05, 3.63) is 90.0 Å². The molecule has 1 atom stereocenters. The molecule has 0 radical (unpaired) electrons. The minimum absolute atomic E-state index is 0.0800. The number of amides is 1. The third-order valence-electron chi connectivity index (χ3n) is 4.27. The monoisotopic (exact) mass is 333 g/mol. The second-order valence-corrected chi connectivity index (χ2v) is 6.35. The number of aromatic nitrogens is 2. The van der Waals surface area contributed by atoms with E-state index in [0.29, 0.717) is 13.0 Å². The van der Waals surface area contributed by atoms with Crippen LogP contribution in [0.4, 0.5) is 0 Å². The van der Waals surface area contributed by atoms with Gasteiger partial charge in [-0.15, -0.1) is 0 Å². The first kappa shape index (κ1) is 17.0. The van der Waals surface area contributed by atoms with Gasteiger partial charge < -0.3 is 9.88 Å². The first-order valence-electron chi connectivity index (χ1n) is 8.56. The SMILES string of the molecule is C[C@H](CC(=O)NCc1cccc(Cn2ccnc2)c1)c1ccccc1. The van der Waals surface area contributed by atoms with E-state index in [1.54, 1.807) is 12.5 Å². The Bertz CT molecular complexity index is 797. The third-order valence-corrected chi connectivity index (χ3v) is 4.27. The topological polar surface area (TPSA) is 46.9 Å². The summed E-state index contributed by atoms with van der Waals surface area (Å²) in [7, 11) is 0. The first-order valence-corrected chi connectivity index (χ1v) is 8.56. The van der Waals surface area contributed by atoms with Crippen LogP contribution in [-0.4, -0.2) is 15.5 Å². The summed E-state index contributed by atoms with van der Waals surface area (Å²) in [6.45, 7) is 3.42. The Morgan fingerprint density at radius 1 is 1.12 bits per heavy atom. The Labute approximate surface area is 148 Å². The highest BCUT2D eigenvalue weighted by Gasteiger charge is 2.10. The highest BCUT2D eigenvalue weighted by Crippen LogP contribution is 2.18. The van der Waals surface area contributed by atoms with Crippen LogP contribution >= 0.6 is 0 Å². The number of hydrogen-bond acceptors (Lipinski definition) is 2. The summed E-state index contributed by atoms with van der Waals surface area (Å²) in [6, 6.07) is 18.4. The Kier molecular flexibility index (Phi) is 5.62. The van der Waals surface area contributed by atoms with Crippen LogP contribution in [0.25, 0.3) is 0 Å². The molecule has 4 heteroatoms. The molecule has 0 aliphatic heterocycles. The lowest BCUT2D eigenvalue weighted by molar-refractivity contribution is -0.121. The molecule has 1 amide bonds. The summed E-state index contributed by atoms with van der Waals surface area (Å²) in [6.07, 6.45) is 6.02. The van der Waals surface area contributed by atoms with E-state index >= 15 is 0 Å². The predicted octanol–water partition coefficient (Wildman–Crippen LogP) is 3.74. The number of nitrogens with one attached hydrogen (secondary N) is 1. The molecule has 0 aliphatic rings. The summed E-state index contributed by atoms with van der Waals surface area (Å²) >= 11 is 0. The van der Waals surface area contributed by atoms with Crippen LogP contribution < -0.4 is 5.32 Å². The van der Waals surface area contributed by atoms with Crippen molar-refractivity contribution in [3.63, 3.8) is 0 Å². The van der Waals surface area contributed by atoms with Gasteiger partial charge >= 0.3 is 0 Å². The van der Waals surface area contributed by atoms with Crippen molar-refractivity contribution in [2.24, 2.45) is 0 Å². The zero-order valence-corrected chi connectivity index (χ0v) is 14.4. The van der Waals surface area contributed by atoms with Gasteiger partial charge in [0.15, 0.2) is 0 Å². The fourth-order valence-electron chi connectivity index (χ4n) is 2.88. The van der Waals surface area contributed by atoms with Crippen LogP contribution in [0.1, 0.15) is 36.0 Å². The summed E-state index contributed by atoms with van der Waals surface area (Å²) in [4.78, 5) is 16.3. The van der Waals surface area contributed by atoms with Crippen LogP contribution in [0, 0.1) is 0 Å². The zero-order valence-electron chi connectivity index (χ0n) is 14.4. The highest BCUT2D eigenvalue weighted by molar-refractivity contribution is 5.76. The number of nitrogens with zero attached hydrogens (tertiary/aromatic N) is 2. The largest absolute Gasteiger partial charge is 0.352 e. The maximum absolute atomic E-state index is 12.2. The molecule has 0 saturated heterocycles. The average Bonchev–Trinajstić information content (AvgIpc) is 3.14. The highest BCUT2D eigenvalue weighted by atomic mass is 16.1. The summed E-state index contributed by atoms with van der Waals surface area (Å²) in [5, 5.41) is 3.03. The van der Waals surface area contributed by atoms with Gasteiger partial charge in [0.05, 0.1) is 6.33 Å². The van der Waals surface area contributed by atoms with Crippen molar-refractivity contribution in [1.29, 1.82) is 0 Å². The molecule has 0 unspecified atom stereocenters. The summed E-state index contributed by atoms with van der Waals surface area (Å²) in [5.41, 5.74) is 3.50. The number of imidazole rings is 1. The Morgan fingerprint density at radius 2 is 1.92 bits per heavy atom. The van der Waals surface area contributed by atoms with Gasteiger partial charge in [-0.1, -0.05) is 61.5 Å². The van der Waals surface area contributed by atoms with E-state index in [0.717, 1.165) is 12.1 Å². The minimum Gasteiger partial charge on any atom is -0.352 e. The molecule has 1 heterocycles. The second-order valence-electron chi connectivity index (χ2n) is 6.35. The second kappa shape index (κ2) is 8.29. The van der Waals surface area contributed by atoms with Gasteiger partial charge in [-0.2, -0.15) is 0 Å². The molecule has 0 bridgehead atoms. The van der Waals surface area contributed by atoms with E-state index in [4.69, 9.17) is 0 Å². The van der Waals surface area contributed by atoms with Crippen LogP contribution in [0.5, 0.6) is 0 Å². The number of carbonyl (C=O) groups excluding carboxylic acids is 1. The van der Waals surface area contributed by atoms with Crippen LogP contribution in [-0.2, 0) is 17.9 Å². The van der Waals surface area contributed by atoms with Crippen LogP contribution in [0.15, 0.2) is 73.3 Å². The van der Waals surface area contributed by atoms with E-state index in [1.807, 2.05) is 41.1 Å². The number of carbonyl (C=O) groups is 1. The van der Waals surface area contributed by atoms with Gasteiger partial charge in [-0.25, -0.2) is 4.98 Å². The molecular weight excluding hydrogens is 310 g/mol. The molecule has 2 aromatic carbocycles. The molecule has 0 spiro atoms. The van der Waals surface area contributed by atoms with Crippen LogP contribution in [0.2, 0.25) is 0 Å². The zero-order chi connectivity index (χ0) is 17.5. The Hall–Kier alpha value is -2.88. The molecule has 1 N–H and O–H groups in total. The van der Waals surface area contributed by atoms with Crippen molar-refractivity contribution in [3.8, 4) is 0 Å². The van der Waals surface area contributed by atoms with Crippen molar-refractivity contribution in [1.82, 2.24) is 14.9 Å². The van der Waals surface area contributed by atoms with E-state index < -0.39 is 0 Å². The average molecular weight is 333 g/mol. The molecule has 128 valence electrons. The van der Waals surface area contributed by atoms with Gasteiger partial charge in [0, 0.05) is 31.9 Å². The fraction of sp³-hybridized carbons (Fsp3) is 0.238. The Morgan fingerprint density at radius 3 is 2.68 bits per heavy atom. The van der Waals surface area contributed by atoms with Gasteiger partial charge in [0.2, 0.25) is 5.91 Å². The van der Waals surface area contributed by atoms with Crippen molar-refractivity contribution in [2.75, 3.05) is 0 Å². The third kappa shape index (κ3) is 5.05. The molecule has 3 rings (SSSR count). The van der Waals surface area contributed by atoms with E-state index in [1.165, 1.54) is 11.1 Å². The fourth-order valence-corrected chi connectivity index (χ4v) is 2.88. The first-order chi connectivity index (χ1) is 12.2. The van der Waals surface area contributed by atoms with Crippen molar-refractivity contribution in [2.45, 2.75) is 32.4 Å². The normalized spacial score (nSPS) is 11.9. The van der Waals surface area contributed by atoms with Gasteiger partial charge in [0.25, 0.3) is 0 Å². The maximum Gasteiger partial charge on any atom is 0.220 e. The molecule has 25 heavy (non-hydrogen) atoms. The van der Waals surface area contributed by atoms with Crippen molar-refractivity contribution < 1.29 is 4.79 Å². The van der Waals surface area contributed by atoms with E-state index in [2.05, 4.69) is 41.5 Å². The van der Waals surface area contributed by atoms with E-state index in [9.17, 15) is 4.79 Å². The molecule has 1 aromatic heterocycles. The molecule has 3 aromatic rings. The maximum atomic E-state index is 12.2. The van der Waals surface area contributed by atoms with Crippen LogP contribution in [0.3, 0.4) is 0 Å². The number of benzene rings is 2. The van der Waals surface area contributed by atoms with Gasteiger partial charge in [-0.3, -0.25) is 4.79 Å². The summed E-state index contributed by atoms with van der Waals surface area (Å²) in [5.74, 6) is 0.296. The smallest absolute Gasteiger partial charge is 0.220 e. The molecule has 0 saturated carbocycles. The lowest BCUT2D eigenvalue weighted by Gasteiger charge is -2.12. The van der Waals surface area contributed by atoms with E-state index in [-0.39, 0.29) is 11.8 Å². The quantitative estimate of drug-likeness (QED) is 0.716. The lowest BCUT2D eigenvalue weighted by atomic mass is 9.97. The molecule has 0 fully saturated rings. The molecule has 0 aliphatic carbocycles.